The zero-order valence-electron chi connectivity index (χ0n) is 19.3. The van der Waals surface area contributed by atoms with E-state index in [9.17, 15) is 9.18 Å². The van der Waals surface area contributed by atoms with Crippen LogP contribution < -0.4 is 4.90 Å². The molecule has 0 unspecified atom stereocenters. The molecule has 2 aliphatic heterocycles. The largest absolute Gasteiger partial charge is 0.347 e. The number of aromatic nitrogens is 2. The Hall–Kier alpha value is -2.84. The van der Waals surface area contributed by atoms with Gasteiger partial charge in [-0.1, -0.05) is 42.5 Å². The second kappa shape index (κ2) is 10.6. The fraction of sp³-hybridized carbons (Fsp3) is 0.423. The minimum absolute atomic E-state index is 0.100. The minimum Gasteiger partial charge on any atom is -0.347 e. The summed E-state index contributed by atoms with van der Waals surface area (Å²) >= 11 is 1.41. The Morgan fingerprint density at radius 1 is 0.912 bits per heavy atom. The van der Waals surface area contributed by atoms with Gasteiger partial charge in [0.05, 0.1) is 0 Å². The van der Waals surface area contributed by atoms with Crippen LogP contribution >= 0.6 is 11.5 Å². The fourth-order valence-electron chi connectivity index (χ4n) is 4.77. The lowest BCUT2D eigenvalue weighted by Crippen LogP contribution is -2.51. The molecule has 6 nitrogen and oxygen atoms in total. The van der Waals surface area contributed by atoms with Crippen molar-refractivity contribution in [2.75, 3.05) is 44.2 Å². The summed E-state index contributed by atoms with van der Waals surface area (Å²) in [5.41, 5.74) is 2.33. The molecule has 0 spiro atoms. The van der Waals surface area contributed by atoms with Gasteiger partial charge >= 0.3 is 0 Å². The third-order valence-corrected chi connectivity index (χ3v) is 7.60. The van der Waals surface area contributed by atoms with E-state index in [1.807, 2.05) is 6.07 Å². The van der Waals surface area contributed by atoms with Gasteiger partial charge in [0.15, 0.2) is 0 Å². The van der Waals surface area contributed by atoms with Crippen LogP contribution in [-0.2, 0) is 17.8 Å². The Labute approximate surface area is 204 Å². The third kappa shape index (κ3) is 5.62. The van der Waals surface area contributed by atoms with Crippen molar-refractivity contribution in [3.05, 3.63) is 77.4 Å². The molecule has 3 aromatic rings. The van der Waals surface area contributed by atoms with Gasteiger partial charge in [0, 0.05) is 69.7 Å². The first-order valence-corrected chi connectivity index (χ1v) is 12.8. The van der Waals surface area contributed by atoms with E-state index in [1.165, 1.54) is 29.2 Å². The van der Waals surface area contributed by atoms with Crippen LogP contribution in [0.2, 0.25) is 0 Å². The molecule has 2 aromatic carbocycles. The van der Waals surface area contributed by atoms with Crippen LogP contribution in [0, 0.1) is 11.7 Å². The summed E-state index contributed by atoms with van der Waals surface area (Å²) in [6, 6.07) is 17.0. The van der Waals surface area contributed by atoms with E-state index in [1.54, 1.807) is 12.1 Å². The summed E-state index contributed by atoms with van der Waals surface area (Å²) < 4.78 is 17.6. The molecule has 2 fully saturated rings. The lowest BCUT2D eigenvalue weighted by molar-refractivity contribution is -0.138. The normalized spacial score (nSPS) is 17.8. The Morgan fingerprint density at radius 2 is 1.62 bits per heavy atom. The molecule has 5 rings (SSSR count). The molecule has 178 valence electrons. The highest BCUT2D eigenvalue weighted by atomic mass is 32.1. The van der Waals surface area contributed by atoms with Crippen molar-refractivity contribution in [3.63, 3.8) is 0 Å². The van der Waals surface area contributed by atoms with Crippen LogP contribution in [0.25, 0.3) is 0 Å². The molecule has 0 radical (unpaired) electrons. The van der Waals surface area contributed by atoms with E-state index < -0.39 is 0 Å². The average Bonchev–Trinajstić information content (AvgIpc) is 3.35. The molecule has 3 heterocycles. The van der Waals surface area contributed by atoms with E-state index in [-0.39, 0.29) is 11.7 Å². The summed E-state index contributed by atoms with van der Waals surface area (Å²) in [6.45, 7) is 6.10. The second-order valence-electron chi connectivity index (χ2n) is 9.14. The van der Waals surface area contributed by atoms with Gasteiger partial charge in [-0.05, 0) is 36.1 Å². The summed E-state index contributed by atoms with van der Waals surface area (Å²) in [7, 11) is 0. The topological polar surface area (TPSA) is 52.6 Å². The molecular weight excluding hydrogens is 449 g/mol. The van der Waals surface area contributed by atoms with Crippen molar-refractivity contribution < 1.29 is 9.18 Å². The van der Waals surface area contributed by atoms with E-state index in [4.69, 9.17) is 4.98 Å². The van der Waals surface area contributed by atoms with Gasteiger partial charge in [-0.15, -0.1) is 0 Å². The summed E-state index contributed by atoms with van der Waals surface area (Å²) in [4.78, 5) is 24.6. The monoisotopic (exact) mass is 479 g/mol. The number of piperazine rings is 1. The van der Waals surface area contributed by atoms with Gasteiger partial charge in [0.1, 0.15) is 11.6 Å². The van der Waals surface area contributed by atoms with Crippen LogP contribution in [0.4, 0.5) is 9.52 Å². The van der Waals surface area contributed by atoms with Crippen LogP contribution in [0.1, 0.15) is 29.8 Å². The SMILES string of the molecule is O=C(C1CCN(c2nc(Cc3ccc(F)cc3)ns2)CC1)N1CCN(Cc2ccccc2)CC1. The molecule has 0 saturated carbocycles. The Bertz CT molecular complexity index is 1070. The lowest BCUT2D eigenvalue weighted by atomic mass is 9.95. The molecule has 34 heavy (non-hydrogen) atoms. The zero-order chi connectivity index (χ0) is 23.3. The first kappa shape index (κ1) is 22.9. The number of piperidine rings is 1. The molecule has 2 saturated heterocycles. The maximum Gasteiger partial charge on any atom is 0.225 e. The van der Waals surface area contributed by atoms with Gasteiger partial charge in [-0.25, -0.2) is 9.37 Å². The second-order valence-corrected chi connectivity index (χ2v) is 9.88. The molecule has 0 bridgehead atoms. The van der Waals surface area contributed by atoms with E-state index in [0.29, 0.717) is 12.3 Å². The number of amides is 1. The summed E-state index contributed by atoms with van der Waals surface area (Å²) in [5, 5.41) is 0.914. The number of carbonyl (C=O) groups is 1. The van der Waals surface area contributed by atoms with E-state index >= 15 is 0 Å². The van der Waals surface area contributed by atoms with Gasteiger partial charge in [-0.3, -0.25) is 9.69 Å². The average molecular weight is 480 g/mol. The number of halogens is 1. The number of anilines is 1. The molecule has 0 N–H and O–H groups in total. The van der Waals surface area contributed by atoms with Gasteiger partial charge in [-0.2, -0.15) is 4.37 Å². The Morgan fingerprint density at radius 3 is 2.32 bits per heavy atom. The standard InChI is InChI=1S/C26H30FN5OS/c27-23-8-6-20(7-9-23)18-24-28-26(34-29-24)32-12-10-22(11-13-32)25(33)31-16-14-30(15-17-31)19-21-4-2-1-3-5-21/h1-9,22H,10-19H2. The predicted molar refractivity (Wildman–Crippen MR) is 132 cm³/mol. The number of hydrogen-bond donors (Lipinski definition) is 0. The predicted octanol–water partition coefficient (Wildman–Crippen LogP) is 3.83. The summed E-state index contributed by atoms with van der Waals surface area (Å²) in [6.07, 6.45) is 2.31. The molecule has 0 aliphatic carbocycles. The molecule has 1 aromatic heterocycles. The number of benzene rings is 2. The highest BCUT2D eigenvalue weighted by Crippen LogP contribution is 2.27. The molecule has 2 aliphatic rings. The quantitative estimate of drug-likeness (QED) is 0.538. The van der Waals surface area contributed by atoms with Crippen molar-refractivity contribution >= 4 is 22.6 Å². The highest BCUT2D eigenvalue weighted by Gasteiger charge is 2.31. The van der Waals surface area contributed by atoms with Crippen LogP contribution in [0.3, 0.4) is 0 Å². The van der Waals surface area contributed by atoms with E-state index in [0.717, 1.165) is 75.2 Å². The zero-order valence-corrected chi connectivity index (χ0v) is 20.1. The van der Waals surface area contributed by atoms with Gasteiger partial charge < -0.3 is 9.80 Å². The third-order valence-electron chi connectivity index (χ3n) is 6.78. The Balaban J connectivity index is 1.08. The molecule has 1 amide bonds. The van der Waals surface area contributed by atoms with Crippen molar-refractivity contribution in [2.45, 2.75) is 25.8 Å². The molecule has 8 heteroatoms. The van der Waals surface area contributed by atoms with E-state index in [2.05, 4.69) is 43.3 Å². The van der Waals surface area contributed by atoms with Gasteiger partial charge in [0.2, 0.25) is 11.0 Å². The number of hydrogen-bond acceptors (Lipinski definition) is 6. The fourth-order valence-corrected chi connectivity index (χ4v) is 5.51. The summed E-state index contributed by atoms with van der Waals surface area (Å²) in [5.74, 6) is 0.942. The minimum atomic E-state index is -0.234. The first-order chi connectivity index (χ1) is 16.6. The smallest absolute Gasteiger partial charge is 0.225 e. The van der Waals surface area contributed by atoms with Crippen molar-refractivity contribution in [1.29, 1.82) is 0 Å². The lowest BCUT2D eigenvalue weighted by Gasteiger charge is -2.38. The number of nitrogens with zero attached hydrogens (tertiary/aromatic N) is 5. The van der Waals surface area contributed by atoms with Crippen LogP contribution in [-0.4, -0.2) is 64.3 Å². The van der Waals surface area contributed by atoms with Crippen molar-refractivity contribution in [3.8, 4) is 0 Å². The maximum atomic E-state index is 13.1. The highest BCUT2D eigenvalue weighted by molar-refractivity contribution is 7.09. The van der Waals surface area contributed by atoms with Crippen molar-refractivity contribution in [1.82, 2.24) is 19.2 Å². The molecular formula is C26H30FN5OS. The molecule has 0 atom stereocenters. The van der Waals surface area contributed by atoms with Gasteiger partial charge in [0.25, 0.3) is 0 Å². The number of rotatable bonds is 6. The van der Waals surface area contributed by atoms with Crippen LogP contribution in [0.15, 0.2) is 54.6 Å². The van der Waals surface area contributed by atoms with Crippen molar-refractivity contribution in [2.24, 2.45) is 5.92 Å². The number of carbonyl (C=O) groups excluding carboxylic acids is 1. The van der Waals surface area contributed by atoms with Crippen LogP contribution in [0.5, 0.6) is 0 Å². The maximum absolute atomic E-state index is 13.1. The first-order valence-electron chi connectivity index (χ1n) is 12.0. The Kier molecular flexibility index (Phi) is 7.16.